The van der Waals surface area contributed by atoms with E-state index in [1.807, 2.05) is 6.92 Å². The summed E-state index contributed by atoms with van der Waals surface area (Å²) < 4.78 is 5.34. The van der Waals surface area contributed by atoms with Crippen LogP contribution in [0, 0.1) is 0 Å². The zero-order chi connectivity index (χ0) is 13.0. The van der Waals surface area contributed by atoms with Crippen molar-refractivity contribution in [2.75, 3.05) is 6.61 Å². The molecule has 5 nitrogen and oxygen atoms in total. The van der Waals surface area contributed by atoms with Gasteiger partial charge in [-0.1, -0.05) is 6.07 Å². The second-order valence-corrected chi connectivity index (χ2v) is 3.55. The highest BCUT2D eigenvalue weighted by molar-refractivity contribution is 5.93. The third kappa shape index (κ3) is 2.45. The minimum absolute atomic E-state index is 0.00736. The van der Waals surface area contributed by atoms with Gasteiger partial charge in [-0.3, -0.25) is 4.98 Å². The van der Waals surface area contributed by atoms with Gasteiger partial charge in [0.05, 0.1) is 12.8 Å². The van der Waals surface area contributed by atoms with Crippen LogP contribution in [0.5, 0.6) is 5.75 Å². The monoisotopic (exact) mass is 244 g/mol. The van der Waals surface area contributed by atoms with E-state index in [0.717, 1.165) is 0 Å². The molecule has 0 atom stereocenters. The third-order valence-electron chi connectivity index (χ3n) is 2.35. The summed E-state index contributed by atoms with van der Waals surface area (Å²) in [5, 5.41) is 9.09. The molecule has 5 heteroatoms. The standard InChI is InChI=1S/C13H12N2O3/c1-2-18-10-6-9(7-14-8-10)11-4-3-5-15-12(11)13(16)17/h3-8H,2H2,1H3,(H,16,17). The minimum Gasteiger partial charge on any atom is -0.492 e. The summed E-state index contributed by atoms with van der Waals surface area (Å²) in [7, 11) is 0. The Morgan fingerprint density at radius 2 is 2.28 bits per heavy atom. The van der Waals surface area contributed by atoms with E-state index in [-0.39, 0.29) is 5.69 Å². The lowest BCUT2D eigenvalue weighted by Gasteiger charge is -2.07. The Labute approximate surface area is 104 Å². The van der Waals surface area contributed by atoms with Crippen LogP contribution >= 0.6 is 0 Å². The topological polar surface area (TPSA) is 72.3 Å². The molecule has 0 spiro atoms. The van der Waals surface area contributed by atoms with Crippen molar-refractivity contribution in [2.24, 2.45) is 0 Å². The van der Waals surface area contributed by atoms with Gasteiger partial charge in [-0.2, -0.15) is 0 Å². The highest BCUT2D eigenvalue weighted by atomic mass is 16.5. The SMILES string of the molecule is CCOc1cncc(-c2cccnc2C(=O)O)c1. The highest BCUT2D eigenvalue weighted by Gasteiger charge is 2.13. The fourth-order valence-corrected chi connectivity index (χ4v) is 1.62. The van der Waals surface area contributed by atoms with Crippen LogP contribution in [-0.4, -0.2) is 27.7 Å². The van der Waals surface area contributed by atoms with E-state index in [9.17, 15) is 4.79 Å². The van der Waals surface area contributed by atoms with Crippen molar-refractivity contribution in [2.45, 2.75) is 6.92 Å². The van der Waals surface area contributed by atoms with Crippen molar-refractivity contribution >= 4 is 5.97 Å². The Morgan fingerprint density at radius 3 is 3.00 bits per heavy atom. The molecule has 0 amide bonds. The first-order chi connectivity index (χ1) is 8.72. The summed E-state index contributed by atoms with van der Waals surface area (Å²) in [6.45, 7) is 2.41. The molecule has 0 aliphatic rings. The number of hydrogen-bond donors (Lipinski definition) is 1. The maximum atomic E-state index is 11.1. The molecule has 0 saturated carbocycles. The molecule has 0 unspecified atom stereocenters. The average Bonchev–Trinajstić information content (AvgIpc) is 2.39. The Hall–Kier alpha value is -2.43. The first-order valence-corrected chi connectivity index (χ1v) is 5.49. The number of aromatic carboxylic acids is 1. The van der Waals surface area contributed by atoms with Gasteiger partial charge in [-0.25, -0.2) is 9.78 Å². The van der Waals surface area contributed by atoms with Gasteiger partial charge in [0.2, 0.25) is 0 Å². The van der Waals surface area contributed by atoms with E-state index >= 15 is 0 Å². The minimum atomic E-state index is -1.06. The fourth-order valence-electron chi connectivity index (χ4n) is 1.62. The molecule has 0 aromatic carbocycles. The predicted octanol–water partition coefficient (Wildman–Crippen LogP) is 2.24. The molecule has 0 fully saturated rings. The van der Waals surface area contributed by atoms with Crippen LogP contribution in [0.2, 0.25) is 0 Å². The molecule has 0 aliphatic carbocycles. The summed E-state index contributed by atoms with van der Waals surface area (Å²) in [6.07, 6.45) is 4.63. The van der Waals surface area contributed by atoms with Crippen LogP contribution in [0.25, 0.3) is 11.1 Å². The Morgan fingerprint density at radius 1 is 1.44 bits per heavy atom. The molecule has 2 aromatic heterocycles. The largest absolute Gasteiger partial charge is 0.492 e. The maximum Gasteiger partial charge on any atom is 0.355 e. The zero-order valence-corrected chi connectivity index (χ0v) is 9.83. The van der Waals surface area contributed by atoms with E-state index in [4.69, 9.17) is 9.84 Å². The number of aromatic nitrogens is 2. The predicted molar refractivity (Wildman–Crippen MR) is 65.6 cm³/mol. The van der Waals surface area contributed by atoms with Gasteiger partial charge < -0.3 is 9.84 Å². The maximum absolute atomic E-state index is 11.1. The molecular weight excluding hydrogens is 232 g/mol. The number of nitrogens with zero attached hydrogens (tertiary/aromatic N) is 2. The van der Waals surface area contributed by atoms with Crippen LogP contribution in [0.15, 0.2) is 36.8 Å². The van der Waals surface area contributed by atoms with Gasteiger partial charge in [-0.05, 0) is 19.1 Å². The van der Waals surface area contributed by atoms with Crippen molar-refractivity contribution in [3.05, 3.63) is 42.5 Å². The summed E-state index contributed by atoms with van der Waals surface area (Å²) >= 11 is 0. The van der Waals surface area contributed by atoms with Gasteiger partial charge in [0, 0.05) is 23.5 Å². The number of carboxylic acids is 1. The van der Waals surface area contributed by atoms with Crippen molar-refractivity contribution in [1.82, 2.24) is 9.97 Å². The van der Waals surface area contributed by atoms with Gasteiger partial charge >= 0.3 is 5.97 Å². The third-order valence-corrected chi connectivity index (χ3v) is 2.35. The molecule has 2 aromatic rings. The van der Waals surface area contributed by atoms with Gasteiger partial charge in [0.25, 0.3) is 0 Å². The van der Waals surface area contributed by atoms with Crippen molar-refractivity contribution in [3.63, 3.8) is 0 Å². The van der Waals surface area contributed by atoms with Gasteiger partial charge in [0.15, 0.2) is 5.69 Å². The van der Waals surface area contributed by atoms with Crippen LogP contribution in [0.3, 0.4) is 0 Å². The Bertz CT molecular complexity index is 570. The smallest absolute Gasteiger partial charge is 0.355 e. The second kappa shape index (κ2) is 5.27. The highest BCUT2D eigenvalue weighted by Crippen LogP contribution is 2.24. The zero-order valence-electron chi connectivity index (χ0n) is 9.83. The molecule has 0 aliphatic heterocycles. The van der Waals surface area contributed by atoms with E-state index in [1.54, 1.807) is 30.6 Å². The van der Waals surface area contributed by atoms with E-state index < -0.39 is 5.97 Å². The molecule has 2 rings (SSSR count). The van der Waals surface area contributed by atoms with Gasteiger partial charge in [-0.15, -0.1) is 0 Å². The molecule has 18 heavy (non-hydrogen) atoms. The van der Waals surface area contributed by atoms with Crippen molar-refractivity contribution in [3.8, 4) is 16.9 Å². The number of carboxylic acid groups (broad SMARTS) is 1. The first-order valence-electron chi connectivity index (χ1n) is 5.49. The Kier molecular flexibility index (Phi) is 3.52. The van der Waals surface area contributed by atoms with Crippen LogP contribution in [0.4, 0.5) is 0 Å². The lowest BCUT2D eigenvalue weighted by molar-refractivity contribution is 0.0691. The normalized spacial score (nSPS) is 10.1. The molecule has 92 valence electrons. The van der Waals surface area contributed by atoms with Crippen LogP contribution in [-0.2, 0) is 0 Å². The first kappa shape index (κ1) is 12.0. The molecule has 0 saturated heterocycles. The summed E-state index contributed by atoms with van der Waals surface area (Å²) in [6, 6.07) is 5.14. The van der Waals surface area contributed by atoms with E-state index in [0.29, 0.717) is 23.5 Å². The summed E-state index contributed by atoms with van der Waals surface area (Å²) in [4.78, 5) is 19.0. The van der Waals surface area contributed by atoms with Gasteiger partial charge in [0.1, 0.15) is 5.75 Å². The van der Waals surface area contributed by atoms with E-state index in [2.05, 4.69) is 9.97 Å². The molecule has 1 N–H and O–H groups in total. The second-order valence-electron chi connectivity index (χ2n) is 3.55. The van der Waals surface area contributed by atoms with Crippen LogP contribution < -0.4 is 4.74 Å². The number of carbonyl (C=O) groups is 1. The van der Waals surface area contributed by atoms with E-state index in [1.165, 1.54) is 6.20 Å². The number of ether oxygens (including phenoxy) is 1. The number of hydrogen-bond acceptors (Lipinski definition) is 4. The lowest BCUT2D eigenvalue weighted by Crippen LogP contribution is -2.03. The summed E-state index contributed by atoms with van der Waals surface area (Å²) in [5.74, 6) is -0.456. The number of pyridine rings is 2. The quantitative estimate of drug-likeness (QED) is 0.892. The fraction of sp³-hybridized carbons (Fsp3) is 0.154. The number of rotatable bonds is 4. The van der Waals surface area contributed by atoms with Crippen molar-refractivity contribution < 1.29 is 14.6 Å². The summed E-state index contributed by atoms with van der Waals surface area (Å²) in [5.41, 5.74) is 1.21. The molecular formula is C13H12N2O3. The van der Waals surface area contributed by atoms with Crippen LogP contribution in [0.1, 0.15) is 17.4 Å². The molecule has 0 radical (unpaired) electrons. The lowest BCUT2D eigenvalue weighted by atomic mass is 10.1. The average molecular weight is 244 g/mol. The molecule has 2 heterocycles. The Balaban J connectivity index is 2.48. The van der Waals surface area contributed by atoms with Crippen molar-refractivity contribution in [1.29, 1.82) is 0 Å². The molecule has 0 bridgehead atoms.